The van der Waals surface area contributed by atoms with Crippen LogP contribution in [0.25, 0.3) is 0 Å². The lowest BCUT2D eigenvalue weighted by Crippen LogP contribution is -2.44. The molecule has 5 heteroatoms. The maximum absolute atomic E-state index is 13.7. The molecule has 1 aromatic carbocycles. The van der Waals surface area contributed by atoms with Crippen LogP contribution in [-0.2, 0) is 11.2 Å². The number of piperidine rings is 1. The number of nitrogens with zero attached hydrogens (tertiary/aromatic N) is 1. The Bertz CT molecular complexity index is 441. The van der Waals surface area contributed by atoms with Crippen molar-refractivity contribution in [3.63, 3.8) is 0 Å². The molecule has 19 heavy (non-hydrogen) atoms. The highest BCUT2D eigenvalue weighted by Gasteiger charge is 2.23. The van der Waals surface area contributed by atoms with Crippen molar-refractivity contribution in [2.75, 3.05) is 20.1 Å². The van der Waals surface area contributed by atoms with Gasteiger partial charge < -0.3 is 10.2 Å². The second-order valence-corrected chi connectivity index (χ2v) is 5.27. The van der Waals surface area contributed by atoms with Gasteiger partial charge in [0.2, 0.25) is 5.91 Å². The minimum atomic E-state index is -0.417. The lowest BCUT2D eigenvalue weighted by molar-refractivity contribution is -0.131. The van der Waals surface area contributed by atoms with Crippen molar-refractivity contribution < 1.29 is 9.18 Å². The summed E-state index contributed by atoms with van der Waals surface area (Å²) in [6, 6.07) is 4.72. The van der Waals surface area contributed by atoms with Gasteiger partial charge in [-0.25, -0.2) is 4.39 Å². The molecule has 0 radical (unpaired) electrons. The van der Waals surface area contributed by atoms with Crippen LogP contribution < -0.4 is 5.32 Å². The van der Waals surface area contributed by atoms with Crippen molar-refractivity contribution in [3.05, 3.63) is 34.6 Å². The first kappa shape index (κ1) is 14.3. The van der Waals surface area contributed by atoms with Crippen molar-refractivity contribution in [1.29, 1.82) is 0 Å². The third-order valence-corrected chi connectivity index (χ3v) is 3.99. The van der Waals surface area contributed by atoms with Crippen LogP contribution >= 0.6 is 11.6 Å². The standard InChI is InChI=1S/C14H18ClFN2O/c1-18(10-5-7-17-8-6-10)14(19)9-11-12(15)3-2-4-13(11)16/h2-4,10,17H,5-9H2,1H3. The van der Waals surface area contributed by atoms with Crippen LogP contribution in [0.5, 0.6) is 0 Å². The smallest absolute Gasteiger partial charge is 0.227 e. The van der Waals surface area contributed by atoms with E-state index in [0.717, 1.165) is 25.9 Å². The fraction of sp³-hybridized carbons (Fsp3) is 0.500. The molecule has 3 nitrogen and oxygen atoms in total. The molecule has 1 N–H and O–H groups in total. The molecule has 0 atom stereocenters. The highest BCUT2D eigenvalue weighted by atomic mass is 35.5. The number of hydrogen-bond acceptors (Lipinski definition) is 2. The highest BCUT2D eigenvalue weighted by Crippen LogP contribution is 2.21. The molecule has 1 aliphatic rings. The van der Waals surface area contributed by atoms with E-state index in [4.69, 9.17) is 11.6 Å². The molecule has 1 aromatic rings. The van der Waals surface area contributed by atoms with E-state index in [-0.39, 0.29) is 23.9 Å². The van der Waals surface area contributed by atoms with Crippen LogP contribution in [0.2, 0.25) is 5.02 Å². The number of hydrogen-bond donors (Lipinski definition) is 1. The Morgan fingerprint density at radius 1 is 1.47 bits per heavy atom. The summed E-state index contributed by atoms with van der Waals surface area (Å²) in [5.74, 6) is -0.501. The fourth-order valence-electron chi connectivity index (χ4n) is 2.37. The maximum Gasteiger partial charge on any atom is 0.227 e. The van der Waals surface area contributed by atoms with E-state index in [1.165, 1.54) is 6.07 Å². The molecule has 1 amide bonds. The van der Waals surface area contributed by atoms with E-state index in [2.05, 4.69) is 5.32 Å². The summed E-state index contributed by atoms with van der Waals surface area (Å²) >= 11 is 5.94. The first-order chi connectivity index (χ1) is 9.09. The lowest BCUT2D eigenvalue weighted by atomic mass is 10.0. The van der Waals surface area contributed by atoms with Gasteiger partial charge in [0, 0.05) is 23.7 Å². The first-order valence-corrected chi connectivity index (χ1v) is 6.86. The molecule has 1 heterocycles. The summed E-state index contributed by atoms with van der Waals surface area (Å²) in [6.07, 6.45) is 1.90. The van der Waals surface area contributed by atoms with E-state index >= 15 is 0 Å². The van der Waals surface area contributed by atoms with Gasteiger partial charge in [-0.2, -0.15) is 0 Å². The molecule has 1 aliphatic heterocycles. The number of likely N-dealkylation sites (N-methyl/N-ethyl adjacent to an activating group) is 1. The molecule has 1 saturated heterocycles. The summed E-state index contributed by atoms with van der Waals surface area (Å²) in [6.45, 7) is 1.84. The van der Waals surface area contributed by atoms with E-state index in [1.54, 1.807) is 24.1 Å². The van der Waals surface area contributed by atoms with Gasteiger partial charge in [-0.05, 0) is 38.1 Å². The number of benzene rings is 1. The molecule has 0 aliphatic carbocycles. The van der Waals surface area contributed by atoms with Gasteiger partial charge in [-0.3, -0.25) is 4.79 Å². The van der Waals surface area contributed by atoms with Gasteiger partial charge in [0.25, 0.3) is 0 Å². The zero-order chi connectivity index (χ0) is 13.8. The molecule has 0 saturated carbocycles. The number of carbonyl (C=O) groups is 1. The van der Waals surface area contributed by atoms with Crippen molar-refractivity contribution >= 4 is 17.5 Å². The Morgan fingerprint density at radius 3 is 2.79 bits per heavy atom. The molecule has 0 bridgehead atoms. The zero-order valence-electron chi connectivity index (χ0n) is 11.0. The van der Waals surface area contributed by atoms with Crippen LogP contribution in [0.1, 0.15) is 18.4 Å². The Labute approximate surface area is 117 Å². The molecule has 0 spiro atoms. The van der Waals surface area contributed by atoms with Crippen molar-refractivity contribution in [3.8, 4) is 0 Å². The quantitative estimate of drug-likeness (QED) is 0.923. The molecular weight excluding hydrogens is 267 g/mol. The zero-order valence-corrected chi connectivity index (χ0v) is 11.7. The number of rotatable bonds is 3. The van der Waals surface area contributed by atoms with Crippen LogP contribution in [0.15, 0.2) is 18.2 Å². The average Bonchev–Trinajstić information content (AvgIpc) is 2.43. The van der Waals surface area contributed by atoms with Gasteiger partial charge in [0.15, 0.2) is 0 Å². The topological polar surface area (TPSA) is 32.3 Å². The molecule has 2 rings (SSSR count). The molecule has 0 unspecified atom stereocenters. The van der Waals surface area contributed by atoms with Crippen LogP contribution in [-0.4, -0.2) is 37.0 Å². The molecule has 0 aromatic heterocycles. The number of amides is 1. The van der Waals surface area contributed by atoms with Crippen molar-refractivity contribution in [2.24, 2.45) is 0 Å². The first-order valence-electron chi connectivity index (χ1n) is 6.49. The Morgan fingerprint density at radius 2 is 2.16 bits per heavy atom. The Hall–Kier alpha value is -1.13. The number of carbonyl (C=O) groups excluding carboxylic acids is 1. The largest absolute Gasteiger partial charge is 0.342 e. The van der Waals surface area contributed by atoms with E-state index in [1.807, 2.05) is 0 Å². The van der Waals surface area contributed by atoms with Gasteiger partial charge in [-0.1, -0.05) is 17.7 Å². The third kappa shape index (κ3) is 3.45. The second kappa shape index (κ2) is 6.35. The van der Waals surface area contributed by atoms with Gasteiger partial charge in [0.05, 0.1) is 6.42 Å². The maximum atomic E-state index is 13.7. The monoisotopic (exact) mass is 284 g/mol. The van der Waals surface area contributed by atoms with Gasteiger partial charge in [-0.15, -0.1) is 0 Å². The molecular formula is C14H18ClFN2O. The summed E-state index contributed by atoms with van der Waals surface area (Å²) < 4.78 is 13.7. The SMILES string of the molecule is CN(C(=O)Cc1c(F)cccc1Cl)C1CCNCC1. The summed E-state index contributed by atoms with van der Waals surface area (Å²) in [5, 5.41) is 3.57. The number of halogens is 2. The second-order valence-electron chi connectivity index (χ2n) is 4.86. The Kier molecular flexibility index (Phi) is 4.77. The van der Waals surface area contributed by atoms with Gasteiger partial charge in [0.1, 0.15) is 5.82 Å². The normalized spacial score (nSPS) is 16.4. The van der Waals surface area contributed by atoms with Crippen LogP contribution in [0.3, 0.4) is 0 Å². The summed E-state index contributed by atoms with van der Waals surface area (Å²) in [5.41, 5.74) is 0.287. The highest BCUT2D eigenvalue weighted by molar-refractivity contribution is 6.31. The minimum absolute atomic E-state index is 0.0198. The third-order valence-electron chi connectivity index (χ3n) is 3.64. The Balaban J connectivity index is 2.04. The molecule has 1 fully saturated rings. The summed E-state index contributed by atoms with van der Waals surface area (Å²) in [4.78, 5) is 13.9. The number of nitrogens with one attached hydrogen (secondary N) is 1. The van der Waals surface area contributed by atoms with Crippen molar-refractivity contribution in [1.82, 2.24) is 10.2 Å². The predicted octanol–water partition coefficient (Wildman–Crippen LogP) is 2.23. The van der Waals surface area contributed by atoms with Crippen LogP contribution in [0, 0.1) is 5.82 Å². The summed E-state index contributed by atoms with van der Waals surface area (Å²) in [7, 11) is 1.78. The average molecular weight is 285 g/mol. The van der Waals surface area contributed by atoms with Crippen molar-refractivity contribution in [2.45, 2.75) is 25.3 Å². The predicted molar refractivity (Wildman–Crippen MR) is 73.8 cm³/mol. The molecule has 104 valence electrons. The fourth-order valence-corrected chi connectivity index (χ4v) is 2.60. The van der Waals surface area contributed by atoms with E-state index in [9.17, 15) is 9.18 Å². The van der Waals surface area contributed by atoms with E-state index < -0.39 is 5.82 Å². The van der Waals surface area contributed by atoms with Gasteiger partial charge >= 0.3 is 0 Å². The lowest BCUT2D eigenvalue weighted by Gasteiger charge is -2.31. The van der Waals surface area contributed by atoms with E-state index in [0.29, 0.717) is 5.02 Å². The minimum Gasteiger partial charge on any atom is -0.342 e. The van der Waals surface area contributed by atoms with Crippen LogP contribution in [0.4, 0.5) is 4.39 Å².